The van der Waals surface area contributed by atoms with E-state index in [1.165, 1.54) is 7.11 Å². The number of methoxy groups -OCH3 is 3. The van der Waals surface area contributed by atoms with E-state index in [-0.39, 0.29) is 5.78 Å². The summed E-state index contributed by atoms with van der Waals surface area (Å²) in [5.74, 6) is 1.46. The number of halogens is 1. The average molecular weight is 375 g/mol. The molecule has 0 spiro atoms. The number of ether oxygens (including phenoxy) is 3. The van der Waals surface area contributed by atoms with E-state index in [2.05, 4.69) is 25.2 Å². The van der Waals surface area contributed by atoms with Crippen molar-refractivity contribution in [2.45, 2.75) is 30.8 Å². The second kappa shape index (κ2) is 6.53. The molecule has 1 unspecified atom stereocenters. The smallest absolute Gasteiger partial charge is 0.180 e. The molecule has 0 aliphatic heterocycles. The molecule has 1 aliphatic rings. The maximum Gasteiger partial charge on any atom is 0.180 e. The minimum atomic E-state index is -0.438. The summed E-state index contributed by atoms with van der Waals surface area (Å²) >= 11 is 3.44. The van der Waals surface area contributed by atoms with Gasteiger partial charge in [0.25, 0.3) is 0 Å². The van der Waals surface area contributed by atoms with Crippen LogP contribution in [0.5, 0.6) is 17.2 Å². The molecule has 0 N–H and O–H groups in total. The summed E-state index contributed by atoms with van der Waals surface area (Å²) in [5.41, 5.74) is 0.447. The van der Waals surface area contributed by atoms with Crippen LogP contribution < -0.4 is 14.2 Å². The van der Waals surface area contributed by atoms with Crippen LogP contribution in [0.1, 0.15) is 36.0 Å². The van der Waals surface area contributed by atoms with Crippen LogP contribution >= 0.6 is 25.2 Å². The summed E-state index contributed by atoms with van der Waals surface area (Å²) in [6.07, 6.45) is 3.84. The number of carbonyl (C=O) groups excluding carboxylic acids is 1. The fourth-order valence-electron chi connectivity index (χ4n) is 2.83. The molecule has 1 aromatic rings. The normalized spacial score (nSPS) is 16.6. The van der Waals surface area contributed by atoms with Gasteiger partial charge in [0.05, 0.1) is 25.8 Å². The Morgan fingerprint density at radius 1 is 1.14 bits per heavy atom. The Kier molecular flexibility index (Phi) is 5.15. The first-order valence-electron chi connectivity index (χ1n) is 6.80. The van der Waals surface area contributed by atoms with Crippen molar-refractivity contribution < 1.29 is 19.0 Å². The standard InChI is InChI=1S/C15H20BrO4P/c1-18-10-8-9(16)12(19-2)11(13(10)20-3)14(17)15(21)6-4-5-7-15/h8H,4-7,21H2,1-3H3. The van der Waals surface area contributed by atoms with Gasteiger partial charge in [-0.3, -0.25) is 4.79 Å². The van der Waals surface area contributed by atoms with Crippen LogP contribution in [0, 0.1) is 0 Å². The molecule has 2 rings (SSSR count). The van der Waals surface area contributed by atoms with E-state index in [1.807, 2.05) is 0 Å². The van der Waals surface area contributed by atoms with E-state index in [0.29, 0.717) is 27.3 Å². The van der Waals surface area contributed by atoms with Crippen molar-refractivity contribution in [2.24, 2.45) is 0 Å². The molecule has 0 bridgehead atoms. The lowest BCUT2D eigenvalue weighted by Crippen LogP contribution is -2.29. The Bertz CT molecular complexity index is 553. The SMILES string of the molecule is COc1cc(Br)c(OC)c(C(=O)C2(P)CCCC2)c1OC. The molecule has 0 radical (unpaired) electrons. The molecular weight excluding hydrogens is 355 g/mol. The average Bonchev–Trinajstić information content (AvgIpc) is 2.93. The number of hydrogen-bond acceptors (Lipinski definition) is 4. The first-order valence-corrected chi connectivity index (χ1v) is 8.17. The quantitative estimate of drug-likeness (QED) is 0.580. The topological polar surface area (TPSA) is 44.8 Å². The van der Waals surface area contributed by atoms with Crippen molar-refractivity contribution in [1.82, 2.24) is 0 Å². The summed E-state index contributed by atoms with van der Waals surface area (Å²) in [6, 6.07) is 1.75. The van der Waals surface area contributed by atoms with Crippen molar-refractivity contribution >= 4 is 31.0 Å². The van der Waals surface area contributed by atoms with Crippen LogP contribution in [0.4, 0.5) is 0 Å². The van der Waals surface area contributed by atoms with E-state index in [4.69, 9.17) is 14.2 Å². The first-order chi connectivity index (χ1) is 9.98. The second-order valence-corrected chi connectivity index (χ2v) is 7.15. The van der Waals surface area contributed by atoms with Gasteiger partial charge in [0.1, 0.15) is 11.3 Å². The van der Waals surface area contributed by atoms with E-state index in [9.17, 15) is 4.79 Å². The zero-order valence-corrected chi connectivity index (χ0v) is 15.2. The highest BCUT2D eigenvalue weighted by atomic mass is 79.9. The summed E-state index contributed by atoms with van der Waals surface area (Å²) in [5, 5.41) is -0.438. The van der Waals surface area contributed by atoms with Crippen LogP contribution in [0.15, 0.2) is 10.5 Å². The zero-order chi connectivity index (χ0) is 15.6. The molecular formula is C15H20BrO4P. The Balaban J connectivity index is 2.64. The highest BCUT2D eigenvalue weighted by Crippen LogP contribution is 2.48. The van der Waals surface area contributed by atoms with Gasteiger partial charge in [0.15, 0.2) is 17.3 Å². The van der Waals surface area contributed by atoms with Crippen LogP contribution in [-0.2, 0) is 0 Å². The molecule has 4 nitrogen and oxygen atoms in total. The van der Waals surface area contributed by atoms with Gasteiger partial charge in [-0.05, 0) is 28.8 Å². The van der Waals surface area contributed by atoms with Crippen LogP contribution in [0.25, 0.3) is 0 Å². The lowest BCUT2D eigenvalue weighted by molar-refractivity contribution is 0.0937. The van der Waals surface area contributed by atoms with E-state index >= 15 is 0 Å². The minimum Gasteiger partial charge on any atom is -0.495 e. The Morgan fingerprint density at radius 3 is 2.19 bits per heavy atom. The molecule has 0 saturated heterocycles. The van der Waals surface area contributed by atoms with Crippen molar-refractivity contribution in [3.63, 3.8) is 0 Å². The van der Waals surface area contributed by atoms with Gasteiger partial charge < -0.3 is 14.2 Å². The number of ketones is 1. The first kappa shape index (κ1) is 16.6. The predicted octanol–water partition coefficient (Wildman–Crippen LogP) is 3.85. The van der Waals surface area contributed by atoms with Crippen molar-refractivity contribution in [2.75, 3.05) is 21.3 Å². The van der Waals surface area contributed by atoms with Gasteiger partial charge in [-0.2, -0.15) is 0 Å². The lowest BCUT2D eigenvalue weighted by atomic mass is 9.93. The number of Topliss-reactive ketones (excluding diaryl/α,β-unsaturated/α-hetero) is 1. The molecule has 21 heavy (non-hydrogen) atoms. The third-order valence-electron chi connectivity index (χ3n) is 3.96. The Labute approximate surface area is 135 Å². The number of carbonyl (C=O) groups is 1. The third-order valence-corrected chi connectivity index (χ3v) is 5.38. The molecule has 0 heterocycles. The van der Waals surface area contributed by atoms with Crippen molar-refractivity contribution in [3.05, 3.63) is 16.1 Å². The van der Waals surface area contributed by atoms with Crippen LogP contribution in [-0.4, -0.2) is 32.3 Å². The summed E-state index contributed by atoms with van der Waals surface area (Å²) in [4.78, 5) is 13.1. The van der Waals surface area contributed by atoms with Crippen LogP contribution in [0.2, 0.25) is 0 Å². The fourth-order valence-corrected chi connectivity index (χ4v) is 3.95. The molecule has 1 fully saturated rings. The summed E-state index contributed by atoms with van der Waals surface area (Å²) in [6.45, 7) is 0. The highest BCUT2D eigenvalue weighted by molar-refractivity contribution is 9.10. The predicted molar refractivity (Wildman–Crippen MR) is 89.0 cm³/mol. The van der Waals surface area contributed by atoms with Gasteiger partial charge in [0, 0.05) is 11.2 Å². The maximum atomic E-state index is 13.1. The Morgan fingerprint density at radius 2 is 1.71 bits per heavy atom. The molecule has 1 atom stereocenters. The van der Waals surface area contributed by atoms with Gasteiger partial charge in [-0.1, -0.05) is 12.8 Å². The van der Waals surface area contributed by atoms with Gasteiger partial charge >= 0.3 is 0 Å². The maximum absolute atomic E-state index is 13.1. The molecule has 6 heteroatoms. The largest absolute Gasteiger partial charge is 0.495 e. The van der Waals surface area contributed by atoms with Gasteiger partial charge in [0.2, 0.25) is 0 Å². The van der Waals surface area contributed by atoms with Crippen LogP contribution in [0.3, 0.4) is 0 Å². The third kappa shape index (κ3) is 2.91. The fraction of sp³-hybridized carbons (Fsp3) is 0.533. The summed E-state index contributed by atoms with van der Waals surface area (Å²) in [7, 11) is 7.37. The van der Waals surface area contributed by atoms with Gasteiger partial charge in [-0.15, -0.1) is 9.24 Å². The molecule has 0 amide bonds. The molecule has 116 valence electrons. The van der Waals surface area contributed by atoms with Crippen molar-refractivity contribution in [1.29, 1.82) is 0 Å². The monoisotopic (exact) mass is 374 g/mol. The number of hydrogen-bond donors (Lipinski definition) is 0. The molecule has 1 aliphatic carbocycles. The van der Waals surface area contributed by atoms with E-state index in [0.717, 1.165) is 25.7 Å². The molecule has 0 aromatic heterocycles. The highest BCUT2D eigenvalue weighted by Gasteiger charge is 2.41. The second-order valence-electron chi connectivity index (χ2n) is 5.19. The summed E-state index contributed by atoms with van der Waals surface area (Å²) < 4.78 is 16.9. The zero-order valence-electron chi connectivity index (χ0n) is 12.5. The van der Waals surface area contributed by atoms with Gasteiger partial charge in [-0.25, -0.2) is 0 Å². The lowest BCUT2D eigenvalue weighted by Gasteiger charge is -2.25. The van der Waals surface area contributed by atoms with Crippen molar-refractivity contribution in [3.8, 4) is 17.2 Å². The number of rotatable bonds is 5. The molecule has 1 aromatic carbocycles. The Hall–Kier alpha value is -0.800. The number of benzene rings is 1. The minimum absolute atomic E-state index is 0.0262. The van der Waals surface area contributed by atoms with E-state index < -0.39 is 5.16 Å². The van der Waals surface area contributed by atoms with E-state index in [1.54, 1.807) is 20.3 Å². The molecule has 1 saturated carbocycles.